The van der Waals surface area contributed by atoms with E-state index in [4.69, 9.17) is 10.8 Å². The van der Waals surface area contributed by atoms with Crippen molar-refractivity contribution in [2.45, 2.75) is 43.9 Å². The van der Waals surface area contributed by atoms with Crippen LogP contribution in [0.1, 0.15) is 44.2 Å². The van der Waals surface area contributed by atoms with Gasteiger partial charge in [-0.25, -0.2) is 0 Å². The second-order valence-electron chi connectivity index (χ2n) is 6.85. The fourth-order valence-electron chi connectivity index (χ4n) is 3.13. The Morgan fingerprint density at radius 2 is 1.26 bits per heavy atom. The van der Waals surface area contributed by atoms with Gasteiger partial charge in [-0.2, -0.15) is 0 Å². The van der Waals surface area contributed by atoms with Crippen molar-refractivity contribution in [3.05, 3.63) is 68.6 Å². The Labute approximate surface area is 176 Å². The van der Waals surface area contributed by atoms with Gasteiger partial charge in [0.05, 0.1) is 10.8 Å². The number of benzene rings is 2. The number of carbonyl (C=O) groups excluding carboxylic acids is 1. The molecule has 3 N–H and O–H groups in total. The first-order valence-corrected chi connectivity index (χ1v) is 9.94. The Kier molecular flexibility index (Phi) is 6.53. The highest BCUT2D eigenvalue weighted by Crippen LogP contribution is 2.49. The van der Waals surface area contributed by atoms with E-state index in [1.54, 1.807) is 0 Å². The Bertz CT molecular complexity index is 787. The summed E-state index contributed by atoms with van der Waals surface area (Å²) in [6, 6.07) is 15.4. The Morgan fingerprint density at radius 3 is 1.56 bits per heavy atom. The molecule has 2 saturated carbocycles. The van der Waals surface area contributed by atoms with E-state index in [-0.39, 0.29) is 18.7 Å². The molecule has 4 nitrogen and oxygen atoms in total. The molecule has 2 aliphatic carbocycles. The van der Waals surface area contributed by atoms with Gasteiger partial charge in [-0.15, -0.1) is 0 Å². The Hall–Kier alpha value is -1.66. The minimum Gasteiger partial charge on any atom is -0.481 e. The number of amides is 1. The van der Waals surface area contributed by atoms with E-state index < -0.39 is 11.4 Å². The summed E-state index contributed by atoms with van der Waals surface area (Å²) in [6.45, 7) is 0. The molecular weight excluding hydrogens is 474 g/mol. The van der Waals surface area contributed by atoms with E-state index in [1.165, 1.54) is 0 Å². The molecule has 144 valence electrons. The van der Waals surface area contributed by atoms with Crippen molar-refractivity contribution >= 4 is 43.7 Å². The van der Waals surface area contributed by atoms with E-state index in [1.807, 2.05) is 48.5 Å². The van der Waals surface area contributed by atoms with Crippen LogP contribution in [0.4, 0.5) is 0 Å². The van der Waals surface area contributed by atoms with Crippen molar-refractivity contribution in [2.24, 2.45) is 5.73 Å². The molecule has 0 bridgehead atoms. The number of hydrogen-bond acceptors (Lipinski definition) is 2. The van der Waals surface area contributed by atoms with Gasteiger partial charge < -0.3 is 10.8 Å². The van der Waals surface area contributed by atoms with Crippen LogP contribution in [0.3, 0.4) is 0 Å². The highest BCUT2D eigenvalue weighted by atomic mass is 79.9. The Morgan fingerprint density at radius 1 is 0.852 bits per heavy atom. The number of halogens is 2. The average Bonchev–Trinajstić information content (AvgIpc) is 3.48. The summed E-state index contributed by atoms with van der Waals surface area (Å²) in [7, 11) is 0. The third-order valence-corrected chi connectivity index (χ3v) is 6.12. The predicted octanol–water partition coefficient (Wildman–Crippen LogP) is 5.17. The summed E-state index contributed by atoms with van der Waals surface area (Å²) >= 11 is 6.72. The van der Waals surface area contributed by atoms with Crippen LogP contribution in [0, 0.1) is 0 Å². The fourth-order valence-corrected chi connectivity index (χ4v) is 3.92. The summed E-state index contributed by atoms with van der Waals surface area (Å²) in [4.78, 5) is 22.2. The molecule has 2 aromatic carbocycles. The molecule has 0 unspecified atom stereocenters. The molecule has 2 fully saturated rings. The van der Waals surface area contributed by atoms with Gasteiger partial charge in [0.1, 0.15) is 0 Å². The molecule has 27 heavy (non-hydrogen) atoms. The zero-order valence-electron chi connectivity index (χ0n) is 14.0. The molecule has 6 heteroatoms. The van der Waals surface area contributed by atoms with Gasteiger partial charge in [0.15, 0.2) is 0 Å². The van der Waals surface area contributed by atoms with E-state index in [0.717, 1.165) is 45.8 Å². The molecular formula is C21H23Br2NO3. The first-order chi connectivity index (χ1) is 12.3. The number of hydrogen-bond donors (Lipinski definition) is 2. The van der Waals surface area contributed by atoms with Crippen molar-refractivity contribution in [1.29, 1.82) is 0 Å². The quantitative estimate of drug-likeness (QED) is 0.612. The van der Waals surface area contributed by atoms with E-state index in [0.29, 0.717) is 0 Å². The van der Waals surface area contributed by atoms with Crippen molar-refractivity contribution in [3.8, 4) is 0 Å². The summed E-state index contributed by atoms with van der Waals surface area (Å²) < 4.78 is 1.94. The Balaban J connectivity index is 0.000000187. The monoisotopic (exact) mass is 495 g/mol. The largest absolute Gasteiger partial charge is 0.481 e. The van der Waals surface area contributed by atoms with Crippen LogP contribution in [0.2, 0.25) is 0 Å². The molecule has 2 aliphatic rings. The summed E-state index contributed by atoms with van der Waals surface area (Å²) in [5.74, 6) is -0.906. The van der Waals surface area contributed by atoms with Gasteiger partial charge in [-0.05, 0) is 61.1 Å². The minimum atomic E-state index is -0.703. The molecule has 4 rings (SSSR count). The van der Waals surface area contributed by atoms with Gasteiger partial charge in [0, 0.05) is 8.95 Å². The molecule has 0 saturated heterocycles. The maximum absolute atomic E-state index is 11.2. The molecule has 2 aromatic rings. The number of aliphatic carboxylic acids is 1. The molecule has 0 spiro atoms. The van der Waals surface area contributed by atoms with Crippen molar-refractivity contribution in [2.75, 3.05) is 0 Å². The van der Waals surface area contributed by atoms with Gasteiger partial charge in [0.2, 0.25) is 5.91 Å². The number of primary amides is 1. The second-order valence-corrected chi connectivity index (χ2v) is 8.69. The van der Waals surface area contributed by atoms with Crippen LogP contribution in [0.15, 0.2) is 57.5 Å². The van der Waals surface area contributed by atoms with Crippen molar-refractivity contribution in [1.82, 2.24) is 0 Å². The summed E-state index contributed by atoms with van der Waals surface area (Å²) in [5, 5.41) is 9.03. The number of carboxylic acid groups (broad SMARTS) is 1. The van der Waals surface area contributed by atoms with E-state index in [2.05, 4.69) is 31.9 Å². The molecule has 0 radical (unpaired) electrons. The number of carboxylic acids is 1. The normalized spacial score (nSPS) is 17.6. The number of rotatable bonds is 4. The molecule has 0 aromatic heterocycles. The van der Waals surface area contributed by atoms with Crippen molar-refractivity contribution < 1.29 is 14.7 Å². The van der Waals surface area contributed by atoms with Gasteiger partial charge in [-0.3, -0.25) is 9.59 Å². The predicted molar refractivity (Wildman–Crippen MR) is 114 cm³/mol. The third-order valence-electron chi connectivity index (χ3n) is 5.14. The first-order valence-electron chi connectivity index (χ1n) is 8.36. The second kappa shape index (κ2) is 8.15. The lowest BCUT2D eigenvalue weighted by Crippen LogP contribution is -2.28. The van der Waals surface area contributed by atoms with Crippen LogP contribution in [0.5, 0.6) is 0 Å². The fraction of sp³-hybridized carbons (Fsp3) is 0.333. The lowest BCUT2D eigenvalue weighted by atomic mass is 9.96. The van der Waals surface area contributed by atoms with Gasteiger partial charge in [0.25, 0.3) is 0 Å². The van der Waals surface area contributed by atoms with E-state index in [9.17, 15) is 9.59 Å². The maximum Gasteiger partial charge on any atom is 0.314 e. The first kappa shape index (κ1) is 21.6. The van der Waals surface area contributed by atoms with Crippen LogP contribution < -0.4 is 5.73 Å². The summed E-state index contributed by atoms with van der Waals surface area (Å²) in [5.41, 5.74) is 6.37. The van der Waals surface area contributed by atoms with Gasteiger partial charge in [-0.1, -0.05) is 63.6 Å². The minimum absolute atomic E-state index is 0. The molecule has 1 amide bonds. The topological polar surface area (TPSA) is 80.4 Å². The molecule has 0 aliphatic heterocycles. The van der Waals surface area contributed by atoms with Crippen LogP contribution in [-0.4, -0.2) is 17.0 Å². The van der Waals surface area contributed by atoms with E-state index >= 15 is 0 Å². The molecule has 0 heterocycles. The number of carbonyl (C=O) groups is 2. The number of nitrogens with two attached hydrogens (primary N) is 1. The van der Waals surface area contributed by atoms with Crippen LogP contribution in [0.25, 0.3) is 0 Å². The van der Waals surface area contributed by atoms with Crippen LogP contribution in [-0.2, 0) is 20.4 Å². The third kappa shape index (κ3) is 4.43. The standard InChI is InChI=1S/C10H10BrNO.C10H9BrO2.CH4/c2*11-8-3-1-2-7(6-8)10(4-5-10)9(12)13;/h1-3,6H,4-5H2,(H2,12,13);1-3,6H,4-5H2,(H,12,13);1H4. The zero-order chi connectivity index (χ0) is 18.9. The SMILES string of the molecule is C.NC(=O)C1(c2cccc(Br)c2)CC1.O=C(O)C1(c2cccc(Br)c2)CC1. The zero-order valence-corrected chi connectivity index (χ0v) is 17.2. The van der Waals surface area contributed by atoms with Gasteiger partial charge >= 0.3 is 5.97 Å². The van der Waals surface area contributed by atoms with Crippen molar-refractivity contribution in [3.63, 3.8) is 0 Å². The maximum atomic E-state index is 11.2. The average molecular weight is 497 g/mol. The smallest absolute Gasteiger partial charge is 0.314 e. The summed E-state index contributed by atoms with van der Waals surface area (Å²) in [6.07, 6.45) is 3.30. The lowest BCUT2D eigenvalue weighted by Gasteiger charge is -2.10. The lowest BCUT2D eigenvalue weighted by molar-refractivity contribution is -0.140. The molecule has 0 atom stereocenters. The van der Waals surface area contributed by atoms with Crippen LogP contribution >= 0.6 is 31.9 Å². The highest BCUT2D eigenvalue weighted by Gasteiger charge is 2.51. The highest BCUT2D eigenvalue weighted by molar-refractivity contribution is 9.10.